The van der Waals surface area contributed by atoms with Gasteiger partial charge in [-0.3, -0.25) is 10.5 Å². The minimum atomic E-state index is 0.0665. The number of amides is 1. The van der Waals surface area contributed by atoms with E-state index in [1.165, 1.54) is 17.8 Å². The number of nitrogens with two attached hydrogens (primary N) is 1. The number of nitriles is 2. The standard InChI is InChI=1S/C15H17N5OS/c1-10-3-2-4-20(8-10)13(21)9-22-15-12(7-17)5-11(6-16)14(18)19-15/h5,10H,2-4,8-9H2,1H3,(H2,18,19)/p+1/t10-/m0/s1. The molecule has 1 atom stereocenters. The van der Waals surface area contributed by atoms with Crippen LogP contribution in [0.5, 0.6) is 0 Å². The number of anilines is 1. The molecule has 0 bridgehead atoms. The summed E-state index contributed by atoms with van der Waals surface area (Å²) in [4.78, 5) is 17.0. The third kappa shape index (κ3) is 3.69. The monoisotopic (exact) mass is 316 g/mol. The molecule has 1 aromatic rings. The third-order valence-corrected chi connectivity index (χ3v) is 4.66. The van der Waals surface area contributed by atoms with Crippen LogP contribution >= 0.6 is 11.8 Å². The summed E-state index contributed by atoms with van der Waals surface area (Å²) < 4.78 is 0. The summed E-state index contributed by atoms with van der Waals surface area (Å²) in [5.74, 6) is 1.07. The van der Waals surface area contributed by atoms with E-state index in [0.29, 0.717) is 16.5 Å². The Hall–Kier alpha value is -2.25. The van der Waals surface area contributed by atoms with Gasteiger partial charge in [-0.1, -0.05) is 18.7 Å². The van der Waals surface area contributed by atoms with Crippen molar-refractivity contribution in [2.45, 2.75) is 24.8 Å². The Kier molecular flexibility index (Phi) is 5.24. The van der Waals surface area contributed by atoms with Crippen LogP contribution in [0.4, 0.5) is 5.82 Å². The van der Waals surface area contributed by atoms with E-state index < -0.39 is 0 Å². The number of aromatic amines is 1. The van der Waals surface area contributed by atoms with E-state index in [1.807, 2.05) is 17.0 Å². The Morgan fingerprint density at radius 1 is 1.50 bits per heavy atom. The molecule has 0 aliphatic carbocycles. The topological polar surface area (TPSA) is 108 Å². The van der Waals surface area contributed by atoms with Gasteiger partial charge in [0.05, 0.1) is 5.75 Å². The predicted molar refractivity (Wildman–Crippen MR) is 82.5 cm³/mol. The van der Waals surface area contributed by atoms with Crippen molar-refractivity contribution >= 4 is 23.5 Å². The number of piperidine rings is 1. The van der Waals surface area contributed by atoms with E-state index in [4.69, 9.17) is 16.3 Å². The highest BCUT2D eigenvalue weighted by molar-refractivity contribution is 7.99. The van der Waals surface area contributed by atoms with Crippen LogP contribution in [0.1, 0.15) is 30.9 Å². The lowest BCUT2D eigenvalue weighted by atomic mass is 10.0. The fourth-order valence-electron chi connectivity index (χ4n) is 2.48. The Labute approximate surface area is 133 Å². The minimum Gasteiger partial charge on any atom is -0.342 e. The third-order valence-electron chi connectivity index (χ3n) is 3.66. The van der Waals surface area contributed by atoms with E-state index in [-0.39, 0.29) is 23.0 Å². The second-order valence-electron chi connectivity index (χ2n) is 5.44. The smallest absolute Gasteiger partial charge is 0.289 e. The first kappa shape index (κ1) is 16.1. The first-order valence-electron chi connectivity index (χ1n) is 7.11. The highest BCUT2D eigenvalue weighted by Gasteiger charge is 2.22. The van der Waals surface area contributed by atoms with Crippen molar-refractivity contribution in [1.29, 1.82) is 10.5 Å². The molecule has 7 heteroatoms. The molecule has 1 aromatic heterocycles. The molecule has 3 N–H and O–H groups in total. The lowest BCUT2D eigenvalue weighted by molar-refractivity contribution is -0.410. The van der Waals surface area contributed by atoms with Crippen molar-refractivity contribution in [2.75, 3.05) is 24.6 Å². The predicted octanol–water partition coefficient (Wildman–Crippen LogP) is 1.18. The maximum Gasteiger partial charge on any atom is 0.289 e. The molecule has 0 saturated carbocycles. The average Bonchev–Trinajstić information content (AvgIpc) is 2.52. The van der Waals surface area contributed by atoms with E-state index >= 15 is 0 Å². The number of nitrogen functional groups attached to an aromatic ring is 1. The molecule has 0 spiro atoms. The molecule has 0 unspecified atom stereocenters. The molecular weight excluding hydrogens is 298 g/mol. The number of aromatic nitrogens is 1. The molecule has 0 radical (unpaired) electrons. The number of nitrogens with one attached hydrogen (secondary N) is 1. The summed E-state index contributed by atoms with van der Waals surface area (Å²) in [5, 5.41) is 18.6. The number of carbonyl (C=O) groups is 1. The summed E-state index contributed by atoms with van der Waals surface area (Å²) in [6, 6.07) is 5.40. The van der Waals surface area contributed by atoms with Crippen LogP contribution in [-0.2, 0) is 4.79 Å². The van der Waals surface area contributed by atoms with Crippen LogP contribution < -0.4 is 10.7 Å². The zero-order valence-corrected chi connectivity index (χ0v) is 13.2. The number of thioether (sulfide) groups is 1. The second kappa shape index (κ2) is 7.15. The van der Waals surface area contributed by atoms with Gasteiger partial charge in [-0.15, -0.1) is 0 Å². The zero-order valence-electron chi connectivity index (χ0n) is 12.4. The number of nitrogens with zero attached hydrogens (tertiary/aromatic N) is 3. The fourth-order valence-corrected chi connectivity index (χ4v) is 3.37. The number of pyridine rings is 1. The number of hydrogen-bond acceptors (Lipinski definition) is 5. The zero-order chi connectivity index (χ0) is 16.1. The van der Waals surface area contributed by atoms with E-state index in [1.54, 1.807) is 0 Å². The van der Waals surface area contributed by atoms with Crippen molar-refractivity contribution in [2.24, 2.45) is 5.92 Å². The molecular formula is C15H18N5OS+. The second-order valence-corrected chi connectivity index (χ2v) is 6.42. The van der Waals surface area contributed by atoms with Crippen LogP contribution in [0, 0.1) is 28.6 Å². The highest BCUT2D eigenvalue weighted by atomic mass is 32.2. The van der Waals surface area contributed by atoms with Crippen molar-refractivity contribution in [3.63, 3.8) is 0 Å². The molecule has 2 rings (SSSR count). The van der Waals surface area contributed by atoms with E-state index in [9.17, 15) is 4.79 Å². The van der Waals surface area contributed by atoms with Crippen molar-refractivity contribution in [1.82, 2.24) is 4.90 Å². The van der Waals surface area contributed by atoms with Crippen molar-refractivity contribution in [3.8, 4) is 12.1 Å². The number of H-pyrrole nitrogens is 1. The van der Waals surface area contributed by atoms with Gasteiger partial charge in [0, 0.05) is 13.1 Å². The Morgan fingerprint density at radius 3 is 2.86 bits per heavy atom. The van der Waals surface area contributed by atoms with Gasteiger partial charge >= 0.3 is 0 Å². The van der Waals surface area contributed by atoms with Gasteiger partial charge in [-0.05, 0) is 24.8 Å². The first-order chi connectivity index (χ1) is 10.5. The van der Waals surface area contributed by atoms with Gasteiger partial charge in [-0.2, -0.15) is 10.5 Å². The maximum absolute atomic E-state index is 12.2. The Morgan fingerprint density at radius 2 is 2.23 bits per heavy atom. The minimum absolute atomic E-state index is 0.0665. The molecule has 0 aromatic carbocycles. The number of rotatable bonds is 3. The van der Waals surface area contributed by atoms with Gasteiger partial charge in [0.15, 0.2) is 5.03 Å². The quantitative estimate of drug-likeness (QED) is 0.842. The number of carbonyl (C=O) groups excluding carboxylic acids is 1. The number of likely N-dealkylation sites (tertiary alicyclic amines) is 1. The van der Waals surface area contributed by atoms with E-state index in [2.05, 4.69) is 11.9 Å². The first-order valence-corrected chi connectivity index (χ1v) is 8.10. The molecule has 114 valence electrons. The molecule has 1 aliphatic heterocycles. The summed E-state index contributed by atoms with van der Waals surface area (Å²) in [6.45, 7) is 3.74. The SMILES string of the molecule is C[C@H]1CCCN(C(=O)CSc2[nH+]c(N)c(C#N)cc2C#N)C1. The maximum atomic E-state index is 12.2. The van der Waals surface area contributed by atoms with E-state index in [0.717, 1.165) is 25.9 Å². The van der Waals surface area contributed by atoms with Crippen LogP contribution in [0.15, 0.2) is 11.1 Å². The summed E-state index contributed by atoms with van der Waals surface area (Å²) >= 11 is 1.25. The van der Waals surface area contributed by atoms with Gasteiger partial charge < -0.3 is 4.90 Å². The largest absolute Gasteiger partial charge is 0.342 e. The summed E-state index contributed by atoms with van der Waals surface area (Å²) in [5.41, 5.74) is 6.29. The molecule has 1 aliphatic rings. The highest BCUT2D eigenvalue weighted by Crippen LogP contribution is 2.22. The van der Waals surface area contributed by atoms with Gasteiger partial charge in [0.2, 0.25) is 5.91 Å². The average molecular weight is 316 g/mol. The van der Waals surface area contributed by atoms with Crippen molar-refractivity contribution < 1.29 is 9.78 Å². The molecule has 1 saturated heterocycles. The lowest BCUT2D eigenvalue weighted by Crippen LogP contribution is -2.40. The number of hydrogen-bond donors (Lipinski definition) is 1. The van der Waals surface area contributed by atoms with Gasteiger partial charge in [0.25, 0.3) is 5.82 Å². The van der Waals surface area contributed by atoms with Crippen LogP contribution in [-0.4, -0.2) is 29.6 Å². The molecule has 6 nitrogen and oxygen atoms in total. The molecule has 2 heterocycles. The van der Waals surface area contributed by atoms with Crippen molar-refractivity contribution in [3.05, 3.63) is 17.2 Å². The normalized spacial score (nSPS) is 17.6. The van der Waals surface area contributed by atoms with Gasteiger partial charge in [0.1, 0.15) is 23.3 Å². The van der Waals surface area contributed by atoms with Gasteiger partial charge in [-0.25, -0.2) is 4.98 Å². The van der Waals surface area contributed by atoms with Crippen LogP contribution in [0.2, 0.25) is 0 Å². The molecule has 1 amide bonds. The lowest BCUT2D eigenvalue weighted by Gasteiger charge is -2.30. The van der Waals surface area contributed by atoms with Crippen LogP contribution in [0.3, 0.4) is 0 Å². The molecule has 22 heavy (non-hydrogen) atoms. The Bertz CT molecular complexity index is 661. The van der Waals surface area contributed by atoms with Crippen LogP contribution in [0.25, 0.3) is 0 Å². The summed E-state index contributed by atoms with van der Waals surface area (Å²) in [6.07, 6.45) is 2.20. The Balaban J connectivity index is 2.05. The summed E-state index contributed by atoms with van der Waals surface area (Å²) in [7, 11) is 0. The fraction of sp³-hybridized carbons (Fsp3) is 0.467. The molecule has 1 fully saturated rings.